The molecule has 6 heteroatoms. The van der Waals surface area contributed by atoms with E-state index in [-0.39, 0.29) is 4.90 Å². The van der Waals surface area contributed by atoms with Crippen LogP contribution in [0.3, 0.4) is 0 Å². The van der Waals surface area contributed by atoms with Crippen LogP contribution in [0, 0.1) is 6.92 Å². The third-order valence-electron chi connectivity index (χ3n) is 2.85. The number of nitrogens with zero attached hydrogens (tertiary/aromatic N) is 1. The summed E-state index contributed by atoms with van der Waals surface area (Å²) < 4.78 is 25.5. The molecule has 2 aromatic rings. The number of anilines is 1. The highest BCUT2D eigenvalue weighted by Crippen LogP contribution is 2.14. The SMILES string of the molecule is CNS(=O)(=O)c1ccc(NCc2cccc(C)n2)cc1. The lowest BCUT2D eigenvalue weighted by Gasteiger charge is -2.08. The molecule has 1 heterocycles. The molecule has 1 aromatic heterocycles. The summed E-state index contributed by atoms with van der Waals surface area (Å²) >= 11 is 0. The molecule has 0 fully saturated rings. The van der Waals surface area contributed by atoms with Gasteiger partial charge in [0, 0.05) is 11.4 Å². The molecule has 0 bridgehead atoms. The molecule has 0 amide bonds. The smallest absolute Gasteiger partial charge is 0.240 e. The van der Waals surface area contributed by atoms with E-state index in [4.69, 9.17) is 0 Å². The summed E-state index contributed by atoms with van der Waals surface area (Å²) in [5, 5.41) is 3.21. The van der Waals surface area contributed by atoms with Crippen LogP contribution in [-0.2, 0) is 16.6 Å². The maximum absolute atomic E-state index is 11.6. The summed E-state index contributed by atoms with van der Waals surface area (Å²) in [7, 11) is -1.98. The minimum atomic E-state index is -3.38. The molecule has 0 saturated carbocycles. The van der Waals surface area contributed by atoms with Crippen molar-refractivity contribution in [3.8, 4) is 0 Å². The molecule has 20 heavy (non-hydrogen) atoms. The summed E-state index contributed by atoms with van der Waals surface area (Å²) in [5.74, 6) is 0. The number of nitrogens with one attached hydrogen (secondary N) is 2. The predicted octanol–water partition coefficient (Wildman–Crippen LogP) is 1.91. The van der Waals surface area contributed by atoms with Gasteiger partial charge in [-0.3, -0.25) is 4.98 Å². The maximum Gasteiger partial charge on any atom is 0.240 e. The highest BCUT2D eigenvalue weighted by Gasteiger charge is 2.10. The molecular formula is C14H17N3O2S. The number of aryl methyl sites for hydroxylation is 1. The van der Waals surface area contributed by atoms with Crippen LogP contribution < -0.4 is 10.0 Å². The van der Waals surface area contributed by atoms with Crippen LogP contribution in [0.25, 0.3) is 0 Å². The van der Waals surface area contributed by atoms with Crippen LogP contribution in [0.15, 0.2) is 47.4 Å². The Morgan fingerprint density at radius 1 is 1.10 bits per heavy atom. The number of benzene rings is 1. The minimum Gasteiger partial charge on any atom is -0.379 e. The van der Waals surface area contributed by atoms with Crippen molar-refractivity contribution in [1.29, 1.82) is 0 Å². The van der Waals surface area contributed by atoms with Gasteiger partial charge in [0.15, 0.2) is 0 Å². The lowest BCUT2D eigenvalue weighted by atomic mass is 10.3. The van der Waals surface area contributed by atoms with Crippen LogP contribution in [0.2, 0.25) is 0 Å². The van der Waals surface area contributed by atoms with E-state index >= 15 is 0 Å². The fourth-order valence-electron chi connectivity index (χ4n) is 1.76. The Morgan fingerprint density at radius 3 is 2.40 bits per heavy atom. The Kier molecular flexibility index (Phi) is 4.36. The monoisotopic (exact) mass is 291 g/mol. The molecule has 0 atom stereocenters. The molecule has 106 valence electrons. The molecule has 0 aliphatic carbocycles. The van der Waals surface area contributed by atoms with Gasteiger partial charge in [0.25, 0.3) is 0 Å². The first kappa shape index (κ1) is 14.5. The average molecular weight is 291 g/mol. The molecular weight excluding hydrogens is 274 g/mol. The minimum absolute atomic E-state index is 0.249. The number of pyridine rings is 1. The largest absolute Gasteiger partial charge is 0.379 e. The van der Waals surface area contributed by atoms with Crippen molar-refractivity contribution in [3.05, 3.63) is 53.9 Å². The lowest BCUT2D eigenvalue weighted by Crippen LogP contribution is -2.18. The zero-order valence-corrected chi connectivity index (χ0v) is 12.2. The second kappa shape index (κ2) is 6.02. The molecule has 0 unspecified atom stereocenters. The van der Waals surface area contributed by atoms with Gasteiger partial charge in [-0.05, 0) is 50.4 Å². The van der Waals surface area contributed by atoms with E-state index < -0.39 is 10.0 Å². The van der Waals surface area contributed by atoms with Gasteiger partial charge >= 0.3 is 0 Å². The van der Waals surface area contributed by atoms with Crippen molar-refractivity contribution >= 4 is 15.7 Å². The first-order chi connectivity index (χ1) is 9.51. The van der Waals surface area contributed by atoms with Crippen LogP contribution in [-0.4, -0.2) is 20.4 Å². The summed E-state index contributed by atoms with van der Waals surface area (Å²) in [4.78, 5) is 4.64. The van der Waals surface area contributed by atoms with Crippen LogP contribution >= 0.6 is 0 Å². The first-order valence-corrected chi connectivity index (χ1v) is 7.69. The third-order valence-corrected chi connectivity index (χ3v) is 4.28. The van der Waals surface area contributed by atoms with Gasteiger partial charge in [0.05, 0.1) is 17.1 Å². The van der Waals surface area contributed by atoms with Gasteiger partial charge < -0.3 is 5.32 Å². The Morgan fingerprint density at radius 2 is 1.80 bits per heavy atom. The summed E-state index contributed by atoms with van der Waals surface area (Å²) in [5.41, 5.74) is 2.76. The van der Waals surface area contributed by atoms with Crippen molar-refractivity contribution in [2.75, 3.05) is 12.4 Å². The number of hydrogen-bond acceptors (Lipinski definition) is 4. The topological polar surface area (TPSA) is 71.1 Å². The Hall–Kier alpha value is -1.92. The molecule has 0 aliphatic rings. The molecule has 0 saturated heterocycles. The van der Waals surface area contributed by atoms with E-state index in [1.54, 1.807) is 24.3 Å². The van der Waals surface area contributed by atoms with E-state index in [9.17, 15) is 8.42 Å². The van der Waals surface area contributed by atoms with Gasteiger partial charge in [0.1, 0.15) is 0 Å². The van der Waals surface area contributed by atoms with Crippen molar-refractivity contribution in [2.45, 2.75) is 18.4 Å². The number of aromatic nitrogens is 1. The van der Waals surface area contributed by atoms with Crippen LogP contribution in [0.5, 0.6) is 0 Å². The van der Waals surface area contributed by atoms with Gasteiger partial charge in [-0.2, -0.15) is 0 Å². The zero-order valence-electron chi connectivity index (χ0n) is 11.4. The molecule has 1 aromatic carbocycles. The Bertz CT molecular complexity index is 682. The van der Waals surface area contributed by atoms with E-state index in [1.165, 1.54) is 7.05 Å². The van der Waals surface area contributed by atoms with Gasteiger partial charge in [-0.25, -0.2) is 13.1 Å². The lowest BCUT2D eigenvalue weighted by molar-refractivity contribution is 0.588. The van der Waals surface area contributed by atoms with Crippen molar-refractivity contribution < 1.29 is 8.42 Å². The normalized spacial score (nSPS) is 11.3. The number of hydrogen-bond donors (Lipinski definition) is 2. The van der Waals surface area contributed by atoms with E-state index in [0.29, 0.717) is 6.54 Å². The molecule has 2 N–H and O–H groups in total. The second-order valence-electron chi connectivity index (χ2n) is 4.36. The summed E-state index contributed by atoms with van der Waals surface area (Å²) in [6.07, 6.45) is 0. The van der Waals surface area contributed by atoms with Gasteiger partial charge in [0.2, 0.25) is 10.0 Å². The van der Waals surface area contributed by atoms with Crippen molar-refractivity contribution in [1.82, 2.24) is 9.71 Å². The third kappa shape index (κ3) is 3.55. The quantitative estimate of drug-likeness (QED) is 0.883. The summed E-state index contributed by atoms with van der Waals surface area (Å²) in [6, 6.07) is 12.5. The van der Waals surface area contributed by atoms with Crippen LogP contribution in [0.4, 0.5) is 5.69 Å². The van der Waals surface area contributed by atoms with Gasteiger partial charge in [-0.1, -0.05) is 6.07 Å². The fourth-order valence-corrected chi connectivity index (χ4v) is 2.49. The highest BCUT2D eigenvalue weighted by molar-refractivity contribution is 7.89. The summed E-state index contributed by atoms with van der Waals surface area (Å²) in [6.45, 7) is 2.54. The average Bonchev–Trinajstić information content (AvgIpc) is 2.46. The van der Waals surface area contributed by atoms with E-state index in [1.807, 2.05) is 25.1 Å². The number of sulfonamides is 1. The Balaban J connectivity index is 2.05. The maximum atomic E-state index is 11.6. The van der Waals surface area contributed by atoms with E-state index in [2.05, 4.69) is 15.0 Å². The predicted molar refractivity (Wildman–Crippen MR) is 79.0 cm³/mol. The zero-order chi connectivity index (χ0) is 14.6. The molecule has 5 nitrogen and oxygen atoms in total. The molecule has 0 aliphatic heterocycles. The first-order valence-electron chi connectivity index (χ1n) is 6.21. The number of rotatable bonds is 5. The molecule has 0 spiro atoms. The van der Waals surface area contributed by atoms with Crippen molar-refractivity contribution in [2.24, 2.45) is 0 Å². The fraction of sp³-hybridized carbons (Fsp3) is 0.214. The highest BCUT2D eigenvalue weighted by atomic mass is 32.2. The van der Waals surface area contributed by atoms with Crippen molar-refractivity contribution in [3.63, 3.8) is 0 Å². The molecule has 0 radical (unpaired) electrons. The van der Waals surface area contributed by atoms with Gasteiger partial charge in [-0.15, -0.1) is 0 Å². The second-order valence-corrected chi connectivity index (χ2v) is 6.24. The molecule has 2 rings (SSSR count). The Labute approximate surface area is 119 Å². The van der Waals surface area contributed by atoms with E-state index in [0.717, 1.165) is 17.1 Å². The van der Waals surface area contributed by atoms with Crippen LogP contribution in [0.1, 0.15) is 11.4 Å². The standard InChI is InChI=1S/C14H17N3O2S/c1-11-4-3-5-13(17-11)10-16-12-6-8-14(9-7-12)20(18,19)15-2/h3-9,15-16H,10H2,1-2H3.